The van der Waals surface area contributed by atoms with Gasteiger partial charge >= 0.3 is 5.97 Å². The van der Waals surface area contributed by atoms with Gasteiger partial charge in [-0.25, -0.2) is 4.79 Å². The fourth-order valence-corrected chi connectivity index (χ4v) is 3.77. The second kappa shape index (κ2) is 11.2. The molecule has 0 saturated carbocycles. The number of aliphatic hydroxyl groups is 1. The molecule has 2 atom stereocenters. The Hall–Kier alpha value is -2.73. The molecular formula is C25H25Cl2NO4. The standard InChI is InChI=1S/C25H25Cl2NO4/c1-3-32-25(30)24(29)23(18-7-5-4-6-8-18)28(19-11-14-21(26)22(27)15-19)16-17-9-12-20(31-2)13-10-17/h4-15,23-24,29H,3,16H2,1-2H3/t23-,24-/m0/s1. The van der Waals surface area contributed by atoms with Crippen LogP contribution in [0.25, 0.3) is 0 Å². The van der Waals surface area contributed by atoms with Gasteiger partial charge in [-0.3, -0.25) is 0 Å². The summed E-state index contributed by atoms with van der Waals surface area (Å²) in [6.45, 7) is 2.26. The minimum absolute atomic E-state index is 0.169. The third-order valence-electron chi connectivity index (χ3n) is 5.05. The molecule has 3 rings (SSSR count). The lowest BCUT2D eigenvalue weighted by atomic mass is 9.97. The molecule has 3 aromatic rings. The Bertz CT molecular complexity index is 1030. The Morgan fingerprint density at radius 1 is 1.00 bits per heavy atom. The number of anilines is 1. The van der Waals surface area contributed by atoms with Crippen molar-refractivity contribution in [3.8, 4) is 5.75 Å². The summed E-state index contributed by atoms with van der Waals surface area (Å²) < 4.78 is 10.4. The van der Waals surface area contributed by atoms with Crippen LogP contribution in [0.15, 0.2) is 72.8 Å². The van der Waals surface area contributed by atoms with E-state index in [1.807, 2.05) is 65.6 Å². The van der Waals surface area contributed by atoms with E-state index in [-0.39, 0.29) is 6.61 Å². The molecule has 0 radical (unpaired) electrons. The van der Waals surface area contributed by atoms with Gasteiger partial charge in [-0.2, -0.15) is 0 Å². The third-order valence-corrected chi connectivity index (χ3v) is 5.79. The number of esters is 1. The van der Waals surface area contributed by atoms with Crippen molar-refractivity contribution in [2.75, 3.05) is 18.6 Å². The maximum Gasteiger partial charge on any atom is 0.337 e. The first-order valence-corrected chi connectivity index (χ1v) is 10.9. The number of benzene rings is 3. The second-order valence-electron chi connectivity index (χ2n) is 7.13. The topological polar surface area (TPSA) is 59.0 Å². The molecule has 0 fully saturated rings. The number of ether oxygens (including phenoxy) is 2. The second-order valence-corrected chi connectivity index (χ2v) is 7.94. The van der Waals surface area contributed by atoms with Gasteiger partial charge in [-0.15, -0.1) is 0 Å². The molecule has 1 N–H and O–H groups in total. The van der Waals surface area contributed by atoms with E-state index in [0.717, 1.165) is 16.9 Å². The monoisotopic (exact) mass is 473 g/mol. The van der Waals surface area contributed by atoms with Crippen LogP contribution in [-0.2, 0) is 16.1 Å². The maximum absolute atomic E-state index is 12.6. The lowest BCUT2D eigenvalue weighted by molar-refractivity contribution is -0.154. The normalized spacial score (nSPS) is 12.7. The summed E-state index contributed by atoms with van der Waals surface area (Å²) in [5.74, 6) is 0.0437. The summed E-state index contributed by atoms with van der Waals surface area (Å²) in [6.07, 6.45) is -1.43. The smallest absolute Gasteiger partial charge is 0.337 e. The molecule has 0 saturated heterocycles. The Morgan fingerprint density at radius 3 is 2.28 bits per heavy atom. The summed E-state index contributed by atoms with van der Waals surface area (Å²) in [6, 6.07) is 21.4. The van der Waals surface area contributed by atoms with E-state index in [0.29, 0.717) is 22.3 Å². The molecule has 3 aromatic carbocycles. The number of hydrogen-bond donors (Lipinski definition) is 1. The highest BCUT2D eigenvalue weighted by molar-refractivity contribution is 6.42. The van der Waals surface area contributed by atoms with E-state index in [2.05, 4.69) is 0 Å². The number of carbonyl (C=O) groups is 1. The van der Waals surface area contributed by atoms with Gasteiger partial charge in [-0.05, 0) is 48.4 Å². The van der Waals surface area contributed by atoms with E-state index in [4.69, 9.17) is 32.7 Å². The molecule has 5 nitrogen and oxygen atoms in total. The summed E-state index contributed by atoms with van der Waals surface area (Å²) >= 11 is 12.5. The van der Waals surface area contributed by atoms with Crippen LogP contribution in [-0.4, -0.2) is 30.9 Å². The van der Waals surface area contributed by atoms with Gasteiger partial charge in [0.2, 0.25) is 0 Å². The molecule has 32 heavy (non-hydrogen) atoms. The molecule has 0 aromatic heterocycles. The molecule has 0 aliphatic rings. The quantitative estimate of drug-likeness (QED) is 0.405. The molecule has 0 bridgehead atoms. The van der Waals surface area contributed by atoms with Gasteiger partial charge in [0.15, 0.2) is 6.10 Å². The summed E-state index contributed by atoms with van der Waals surface area (Å²) in [4.78, 5) is 14.5. The van der Waals surface area contributed by atoms with Crippen molar-refractivity contribution in [1.29, 1.82) is 0 Å². The first-order valence-electron chi connectivity index (χ1n) is 10.2. The number of carbonyl (C=O) groups excluding carboxylic acids is 1. The fourth-order valence-electron chi connectivity index (χ4n) is 3.48. The van der Waals surface area contributed by atoms with Gasteiger partial charge in [0.25, 0.3) is 0 Å². The minimum atomic E-state index is -1.43. The van der Waals surface area contributed by atoms with Crippen molar-refractivity contribution in [1.82, 2.24) is 0 Å². The lowest BCUT2D eigenvalue weighted by Gasteiger charge is -2.36. The highest BCUT2D eigenvalue weighted by atomic mass is 35.5. The van der Waals surface area contributed by atoms with Gasteiger partial charge in [0.05, 0.1) is 29.8 Å². The molecule has 7 heteroatoms. The Labute approximate surface area is 198 Å². The minimum Gasteiger partial charge on any atom is -0.497 e. The number of hydrogen-bond acceptors (Lipinski definition) is 5. The van der Waals surface area contributed by atoms with Crippen molar-refractivity contribution in [2.24, 2.45) is 0 Å². The van der Waals surface area contributed by atoms with E-state index >= 15 is 0 Å². The number of halogens is 2. The SMILES string of the molecule is CCOC(=O)[C@@H](O)[C@H](c1ccccc1)N(Cc1ccc(OC)cc1)c1ccc(Cl)c(Cl)c1. The zero-order valence-electron chi connectivity index (χ0n) is 17.9. The van der Waals surface area contributed by atoms with Crippen LogP contribution in [0.5, 0.6) is 5.75 Å². The molecule has 0 aliphatic heterocycles. The predicted octanol–water partition coefficient (Wildman–Crippen LogP) is 5.67. The van der Waals surface area contributed by atoms with Crippen molar-refractivity contribution < 1.29 is 19.4 Å². The van der Waals surface area contributed by atoms with Crippen LogP contribution in [0, 0.1) is 0 Å². The van der Waals surface area contributed by atoms with Gasteiger partial charge < -0.3 is 19.5 Å². The maximum atomic E-state index is 12.6. The van der Waals surface area contributed by atoms with E-state index < -0.39 is 18.1 Å². The highest BCUT2D eigenvalue weighted by Gasteiger charge is 2.34. The third kappa shape index (κ3) is 5.74. The largest absolute Gasteiger partial charge is 0.497 e. The van der Waals surface area contributed by atoms with Crippen LogP contribution in [0.2, 0.25) is 10.0 Å². The predicted molar refractivity (Wildman–Crippen MR) is 127 cm³/mol. The van der Waals surface area contributed by atoms with E-state index in [9.17, 15) is 9.90 Å². The van der Waals surface area contributed by atoms with Gasteiger partial charge in [0.1, 0.15) is 5.75 Å². The lowest BCUT2D eigenvalue weighted by Crippen LogP contribution is -2.41. The summed E-state index contributed by atoms with van der Waals surface area (Å²) in [7, 11) is 1.61. The van der Waals surface area contributed by atoms with Crippen molar-refractivity contribution in [3.63, 3.8) is 0 Å². The van der Waals surface area contributed by atoms with Crippen LogP contribution in [0.4, 0.5) is 5.69 Å². The van der Waals surface area contributed by atoms with Crippen LogP contribution < -0.4 is 9.64 Å². The number of rotatable bonds is 9. The molecule has 168 valence electrons. The Balaban J connectivity index is 2.10. The molecule has 0 heterocycles. The number of methoxy groups -OCH3 is 1. The number of aliphatic hydroxyl groups excluding tert-OH is 1. The summed E-state index contributed by atoms with van der Waals surface area (Å²) in [5.41, 5.74) is 2.41. The molecular weight excluding hydrogens is 449 g/mol. The van der Waals surface area contributed by atoms with E-state index in [1.165, 1.54) is 0 Å². The van der Waals surface area contributed by atoms with Crippen LogP contribution >= 0.6 is 23.2 Å². The van der Waals surface area contributed by atoms with Crippen molar-refractivity contribution in [3.05, 3.63) is 94.0 Å². The van der Waals surface area contributed by atoms with Crippen LogP contribution in [0.1, 0.15) is 24.1 Å². The zero-order valence-corrected chi connectivity index (χ0v) is 19.4. The molecule has 0 amide bonds. The number of nitrogens with zero attached hydrogens (tertiary/aromatic N) is 1. The summed E-state index contributed by atoms with van der Waals surface area (Å²) in [5, 5.41) is 11.9. The first kappa shape index (κ1) is 23.9. The van der Waals surface area contributed by atoms with E-state index in [1.54, 1.807) is 26.2 Å². The molecule has 0 aliphatic carbocycles. The van der Waals surface area contributed by atoms with Crippen LogP contribution in [0.3, 0.4) is 0 Å². The Morgan fingerprint density at radius 2 is 1.69 bits per heavy atom. The molecule has 0 spiro atoms. The zero-order chi connectivity index (χ0) is 23.1. The average Bonchev–Trinajstić information content (AvgIpc) is 2.81. The van der Waals surface area contributed by atoms with Gasteiger partial charge in [-0.1, -0.05) is 65.7 Å². The first-order chi connectivity index (χ1) is 15.4. The van der Waals surface area contributed by atoms with Crippen molar-refractivity contribution in [2.45, 2.75) is 25.6 Å². The van der Waals surface area contributed by atoms with Crippen molar-refractivity contribution >= 4 is 34.9 Å². The molecule has 0 unspecified atom stereocenters. The Kier molecular flexibility index (Phi) is 8.39. The fraction of sp³-hybridized carbons (Fsp3) is 0.240. The average molecular weight is 474 g/mol. The highest BCUT2D eigenvalue weighted by Crippen LogP contribution is 2.35. The van der Waals surface area contributed by atoms with Gasteiger partial charge in [0, 0.05) is 12.2 Å².